The van der Waals surface area contributed by atoms with Crippen LogP contribution < -0.4 is 11.0 Å². The van der Waals surface area contributed by atoms with E-state index in [1.54, 1.807) is 10.6 Å². The van der Waals surface area contributed by atoms with E-state index in [9.17, 15) is 15.0 Å². The molecule has 29 heavy (non-hydrogen) atoms. The zero-order chi connectivity index (χ0) is 20.7. The highest BCUT2D eigenvalue weighted by Gasteiger charge is 2.29. The van der Waals surface area contributed by atoms with Crippen molar-refractivity contribution in [3.05, 3.63) is 62.0 Å². The number of aliphatic hydroxyl groups excluding tert-OH is 1. The number of imidazole rings is 1. The van der Waals surface area contributed by atoms with Gasteiger partial charge in [0.05, 0.1) is 22.2 Å². The van der Waals surface area contributed by atoms with Gasteiger partial charge in [0.2, 0.25) is 0 Å². The molecule has 0 spiro atoms. The number of phenolic OH excluding ortho intramolecular Hbond substituents is 1. The summed E-state index contributed by atoms with van der Waals surface area (Å²) in [7, 11) is 0. The number of aromatic hydroxyl groups is 1. The Bertz CT molecular complexity index is 1110. The van der Waals surface area contributed by atoms with Crippen LogP contribution >= 0.6 is 23.2 Å². The molecule has 1 aliphatic rings. The highest BCUT2D eigenvalue weighted by molar-refractivity contribution is 6.36. The van der Waals surface area contributed by atoms with Crippen LogP contribution in [-0.2, 0) is 13.0 Å². The molecule has 4 N–H and O–H groups in total. The van der Waals surface area contributed by atoms with Crippen LogP contribution in [0.4, 0.5) is 0 Å². The van der Waals surface area contributed by atoms with Crippen LogP contribution in [-0.4, -0.2) is 31.8 Å². The maximum atomic E-state index is 12.3. The lowest BCUT2D eigenvalue weighted by Gasteiger charge is -2.26. The Labute approximate surface area is 178 Å². The summed E-state index contributed by atoms with van der Waals surface area (Å²) in [6.45, 7) is 2.57. The highest BCUT2D eigenvalue weighted by atomic mass is 35.5. The van der Waals surface area contributed by atoms with Crippen molar-refractivity contribution in [1.82, 2.24) is 14.9 Å². The van der Waals surface area contributed by atoms with Gasteiger partial charge in [-0.25, -0.2) is 4.79 Å². The summed E-state index contributed by atoms with van der Waals surface area (Å²) in [6, 6.07) is 8.56. The minimum atomic E-state index is -0.724. The van der Waals surface area contributed by atoms with Crippen LogP contribution in [0.2, 0.25) is 10.0 Å². The van der Waals surface area contributed by atoms with Crippen LogP contribution in [0.5, 0.6) is 5.75 Å². The summed E-state index contributed by atoms with van der Waals surface area (Å²) < 4.78 is 1.70. The standard InChI is InChI=1S/C21H23Cl2N3O3/c1-11(5-6-12-14(22)7-8-17(27)18(12)23)24-16-9-10-26-19-13(20(16)28)3-2-4-15(19)25-21(26)29/h2-4,7-8,11,16,20,24,27-28H,5-6,9-10H2,1H3,(H,25,29). The first kappa shape index (κ1) is 20.3. The average molecular weight is 436 g/mol. The zero-order valence-electron chi connectivity index (χ0n) is 16.0. The Hall–Kier alpha value is -1.99. The van der Waals surface area contributed by atoms with Crippen LogP contribution in [0.1, 0.15) is 37.0 Å². The lowest BCUT2D eigenvalue weighted by atomic mass is 9.98. The van der Waals surface area contributed by atoms with Crippen LogP contribution in [0.25, 0.3) is 11.0 Å². The van der Waals surface area contributed by atoms with Gasteiger partial charge >= 0.3 is 5.69 Å². The van der Waals surface area contributed by atoms with E-state index in [4.69, 9.17) is 23.2 Å². The first-order chi connectivity index (χ1) is 13.9. The summed E-state index contributed by atoms with van der Waals surface area (Å²) in [5, 5.41) is 25.1. The monoisotopic (exact) mass is 435 g/mol. The van der Waals surface area contributed by atoms with Crippen molar-refractivity contribution in [1.29, 1.82) is 0 Å². The van der Waals surface area contributed by atoms with Crippen molar-refractivity contribution in [2.24, 2.45) is 0 Å². The number of hydrogen-bond donors (Lipinski definition) is 4. The number of nitrogens with zero attached hydrogens (tertiary/aromatic N) is 1. The molecule has 2 heterocycles. The Morgan fingerprint density at radius 3 is 2.90 bits per heavy atom. The fourth-order valence-electron chi connectivity index (χ4n) is 4.14. The number of aliphatic hydroxyl groups is 1. The van der Waals surface area contributed by atoms with Gasteiger partial charge in [0, 0.05) is 29.2 Å². The van der Waals surface area contributed by atoms with Crippen LogP contribution in [0.3, 0.4) is 0 Å². The summed E-state index contributed by atoms with van der Waals surface area (Å²) in [6.07, 6.45) is 1.22. The number of rotatable bonds is 5. The smallest absolute Gasteiger partial charge is 0.326 e. The zero-order valence-corrected chi connectivity index (χ0v) is 17.5. The Kier molecular flexibility index (Phi) is 5.62. The SMILES string of the molecule is CC(CCc1c(Cl)ccc(O)c1Cl)NC1CCn2c(=O)[nH]c3cccc(c32)C1O. The molecule has 0 radical (unpaired) electrons. The van der Waals surface area contributed by atoms with E-state index in [1.807, 2.05) is 25.1 Å². The van der Waals surface area contributed by atoms with Gasteiger partial charge in [0.15, 0.2) is 0 Å². The van der Waals surface area contributed by atoms with Gasteiger partial charge in [-0.3, -0.25) is 4.57 Å². The number of H-pyrrole nitrogens is 1. The molecule has 0 saturated carbocycles. The van der Waals surface area contributed by atoms with Crippen LogP contribution in [0.15, 0.2) is 35.1 Å². The van der Waals surface area contributed by atoms with Gasteiger partial charge in [-0.1, -0.05) is 35.3 Å². The molecule has 0 bridgehead atoms. The third-order valence-corrected chi connectivity index (χ3v) is 6.45. The third-order valence-electron chi connectivity index (χ3n) is 5.68. The highest BCUT2D eigenvalue weighted by Crippen LogP contribution is 2.34. The van der Waals surface area contributed by atoms with E-state index in [0.717, 1.165) is 28.6 Å². The van der Waals surface area contributed by atoms with Crippen LogP contribution in [0, 0.1) is 0 Å². The number of aromatic nitrogens is 2. The van der Waals surface area contributed by atoms with Gasteiger partial charge < -0.3 is 20.5 Å². The minimum Gasteiger partial charge on any atom is -0.506 e. The summed E-state index contributed by atoms with van der Waals surface area (Å²) in [5.41, 5.74) is 2.84. The van der Waals surface area contributed by atoms with E-state index < -0.39 is 6.10 Å². The predicted molar refractivity (Wildman–Crippen MR) is 115 cm³/mol. The third kappa shape index (κ3) is 3.78. The Morgan fingerprint density at radius 2 is 2.10 bits per heavy atom. The summed E-state index contributed by atoms with van der Waals surface area (Å²) in [4.78, 5) is 15.1. The molecule has 3 aromatic rings. The van der Waals surface area contributed by atoms with E-state index in [2.05, 4.69) is 10.3 Å². The lowest BCUT2D eigenvalue weighted by Crippen LogP contribution is -2.41. The summed E-state index contributed by atoms with van der Waals surface area (Å²) >= 11 is 12.4. The number of aryl methyl sites for hydroxylation is 1. The first-order valence-corrected chi connectivity index (χ1v) is 10.4. The summed E-state index contributed by atoms with van der Waals surface area (Å²) in [5.74, 6) is 0.0195. The van der Waals surface area contributed by atoms with E-state index in [0.29, 0.717) is 24.4 Å². The van der Waals surface area contributed by atoms with E-state index in [1.165, 1.54) is 6.07 Å². The number of para-hydroxylation sites is 1. The van der Waals surface area contributed by atoms with Crippen molar-refractivity contribution in [3.63, 3.8) is 0 Å². The molecule has 3 atom stereocenters. The molecule has 8 heteroatoms. The number of nitrogens with one attached hydrogen (secondary N) is 2. The molecule has 0 amide bonds. The molecule has 6 nitrogen and oxygen atoms in total. The van der Waals surface area contributed by atoms with E-state index >= 15 is 0 Å². The Morgan fingerprint density at radius 1 is 1.31 bits per heavy atom. The van der Waals surface area contributed by atoms with Crippen molar-refractivity contribution in [3.8, 4) is 5.75 Å². The minimum absolute atomic E-state index is 0.0195. The molecule has 4 rings (SSSR count). The molecule has 1 aromatic heterocycles. The number of halogens is 2. The normalized spacial score (nSPS) is 20.0. The molecule has 1 aliphatic heterocycles. The van der Waals surface area contributed by atoms with Crippen molar-refractivity contribution in [2.45, 2.75) is 50.9 Å². The second-order valence-corrected chi connectivity index (χ2v) is 8.42. The molecule has 154 valence electrons. The number of benzene rings is 2. The van der Waals surface area contributed by atoms with Gasteiger partial charge in [0.25, 0.3) is 0 Å². The topological polar surface area (TPSA) is 90.3 Å². The maximum absolute atomic E-state index is 12.3. The van der Waals surface area contributed by atoms with E-state index in [-0.39, 0.29) is 28.5 Å². The molecular formula is C21H23Cl2N3O3. The fraction of sp³-hybridized carbons (Fsp3) is 0.381. The first-order valence-electron chi connectivity index (χ1n) is 9.68. The second kappa shape index (κ2) is 8.03. The fourth-order valence-corrected chi connectivity index (χ4v) is 4.70. The molecule has 0 aliphatic carbocycles. The predicted octanol–water partition coefficient (Wildman–Crippen LogP) is 3.76. The second-order valence-electron chi connectivity index (χ2n) is 7.63. The molecular weight excluding hydrogens is 413 g/mol. The van der Waals surface area contributed by atoms with Crippen molar-refractivity contribution in [2.75, 3.05) is 0 Å². The lowest BCUT2D eigenvalue weighted by molar-refractivity contribution is 0.119. The largest absolute Gasteiger partial charge is 0.506 e. The number of hydrogen-bond acceptors (Lipinski definition) is 4. The molecule has 0 fully saturated rings. The van der Waals surface area contributed by atoms with Crippen molar-refractivity contribution >= 4 is 34.2 Å². The molecule has 3 unspecified atom stereocenters. The molecule has 0 saturated heterocycles. The quantitative estimate of drug-likeness (QED) is 0.490. The maximum Gasteiger partial charge on any atom is 0.326 e. The van der Waals surface area contributed by atoms with Crippen molar-refractivity contribution < 1.29 is 10.2 Å². The Balaban J connectivity index is 1.49. The van der Waals surface area contributed by atoms with Gasteiger partial charge in [0.1, 0.15) is 5.75 Å². The number of phenols is 1. The van der Waals surface area contributed by atoms with Gasteiger partial charge in [-0.15, -0.1) is 0 Å². The van der Waals surface area contributed by atoms with Gasteiger partial charge in [-0.2, -0.15) is 0 Å². The average Bonchev–Trinajstić information content (AvgIpc) is 2.94. The molecule has 2 aromatic carbocycles. The van der Waals surface area contributed by atoms with Gasteiger partial charge in [-0.05, 0) is 49.9 Å². The number of aromatic amines is 1.